The third-order valence-corrected chi connectivity index (χ3v) is 3.87. The third kappa shape index (κ3) is 4.09. The number of hydrogen-bond acceptors (Lipinski definition) is 2. The molecule has 0 aliphatic heterocycles. The Morgan fingerprint density at radius 2 is 1.55 bits per heavy atom. The molecule has 0 aliphatic carbocycles. The number of amides is 1. The lowest BCUT2D eigenvalue weighted by molar-refractivity contribution is -0.120. The van der Waals surface area contributed by atoms with Gasteiger partial charge in [-0.1, -0.05) is 55.5 Å². The first kappa shape index (κ1) is 18.2. The first-order valence-electron chi connectivity index (χ1n) is 7.18. The van der Waals surface area contributed by atoms with Crippen LogP contribution in [0, 0.1) is 19.8 Å². The second-order valence-electron chi connectivity index (χ2n) is 5.48. The minimum Gasteiger partial charge on any atom is -0.325 e. The fourth-order valence-corrected chi connectivity index (χ4v) is 2.38. The zero-order valence-electron chi connectivity index (χ0n) is 13.2. The average molecular weight is 319 g/mol. The highest BCUT2D eigenvalue weighted by molar-refractivity contribution is 5.94. The Morgan fingerprint density at radius 1 is 1.00 bits per heavy atom. The van der Waals surface area contributed by atoms with Crippen molar-refractivity contribution in [1.82, 2.24) is 0 Å². The van der Waals surface area contributed by atoms with Gasteiger partial charge in [0, 0.05) is 11.7 Å². The maximum Gasteiger partial charge on any atom is 0.229 e. The van der Waals surface area contributed by atoms with E-state index in [1.54, 1.807) is 0 Å². The number of carbonyl (C=O) groups is 1. The van der Waals surface area contributed by atoms with E-state index in [0.29, 0.717) is 0 Å². The van der Waals surface area contributed by atoms with Gasteiger partial charge in [0.1, 0.15) is 0 Å². The SMILES string of the molecule is Cc1cccc(C)c1NC(=O)C(C)C(N)c1ccccc1.Cl. The molecule has 2 atom stereocenters. The number of nitrogens with two attached hydrogens (primary N) is 1. The quantitative estimate of drug-likeness (QED) is 0.895. The van der Waals surface area contributed by atoms with Crippen LogP contribution in [0.15, 0.2) is 48.5 Å². The molecular formula is C18H23ClN2O. The number of nitrogens with one attached hydrogen (secondary N) is 1. The van der Waals surface area contributed by atoms with Crippen molar-refractivity contribution in [2.45, 2.75) is 26.8 Å². The molecule has 3 N–H and O–H groups in total. The Balaban J connectivity index is 0.00000242. The minimum atomic E-state index is -0.310. The van der Waals surface area contributed by atoms with Crippen molar-refractivity contribution >= 4 is 24.0 Å². The van der Waals surface area contributed by atoms with E-state index in [9.17, 15) is 4.79 Å². The van der Waals surface area contributed by atoms with Crippen LogP contribution in [0.25, 0.3) is 0 Å². The molecule has 3 nitrogen and oxygen atoms in total. The van der Waals surface area contributed by atoms with Crippen molar-refractivity contribution in [3.63, 3.8) is 0 Å². The van der Waals surface area contributed by atoms with Gasteiger partial charge in [0.05, 0.1) is 5.92 Å². The van der Waals surface area contributed by atoms with Crippen molar-refractivity contribution in [2.75, 3.05) is 5.32 Å². The van der Waals surface area contributed by atoms with Crippen LogP contribution in [-0.4, -0.2) is 5.91 Å². The van der Waals surface area contributed by atoms with Crippen molar-refractivity contribution < 1.29 is 4.79 Å². The van der Waals surface area contributed by atoms with Crippen LogP contribution in [0.5, 0.6) is 0 Å². The number of rotatable bonds is 4. The van der Waals surface area contributed by atoms with Crippen LogP contribution < -0.4 is 11.1 Å². The molecule has 0 radical (unpaired) electrons. The fraction of sp³-hybridized carbons (Fsp3) is 0.278. The summed E-state index contributed by atoms with van der Waals surface area (Å²) in [6.07, 6.45) is 0. The van der Waals surface area contributed by atoms with E-state index in [1.807, 2.05) is 69.3 Å². The molecule has 2 rings (SSSR count). The molecule has 0 saturated carbocycles. The molecule has 0 saturated heterocycles. The van der Waals surface area contributed by atoms with Crippen LogP contribution >= 0.6 is 12.4 Å². The van der Waals surface area contributed by atoms with Crippen LogP contribution in [0.3, 0.4) is 0 Å². The summed E-state index contributed by atoms with van der Waals surface area (Å²) in [5.74, 6) is -0.352. The first-order chi connectivity index (χ1) is 10.0. The van der Waals surface area contributed by atoms with E-state index in [4.69, 9.17) is 5.73 Å². The molecule has 2 unspecified atom stereocenters. The Hall–Kier alpha value is -1.84. The molecule has 4 heteroatoms. The van der Waals surface area contributed by atoms with Crippen LogP contribution in [0.2, 0.25) is 0 Å². The van der Waals surface area contributed by atoms with Gasteiger partial charge in [0.2, 0.25) is 5.91 Å². The zero-order chi connectivity index (χ0) is 15.4. The molecule has 0 spiro atoms. The molecule has 118 valence electrons. The number of hydrogen-bond donors (Lipinski definition) is 2. The van der Waals surface area contributed by atoms with Gasteiger partial charge >= 0.3 is 0 Å². The topological polar surface area (TPSA) is 55.1 Å². The maximum atomic E-state index is 12.4. The van der Waals surface area contributed by atoms with Crippen molar-refractivity contribution in [3.05, 3.63) is 65.2 Å². The Bertz CT molecular complexity index is 608. The summed E-state index contributed by atoms with van der Waals surface area (Å²) in [6.45, 7) is 5.84. The largest absolute Gasteiger partial charge is 0.325 e. The van der Waals surface area contributed by atoms with Gasteiger partial charge in [-0.25, -0.2) is 0 Å². The van der Waals surface area contributed by atoms with E-state index >= 15 is 0 Å². The van der Waals surface area contributed by atoms with Gasteiger partial charge in [0.15, 0.2) is 0 Å². The van der Waals surface area contributed by atoms with Gasteiger partial charge in [0.25, 0.3) is 0 Å². The van der Waals surface area contributed by atoms with Crippen LogP contribution in [-0.2, 0) is 4.79 Å². The summed E-state index contributed by atoms with van der Waals surface area (Å²) in [4.78, 5) is 12.4. The number of para-hydroxylation sites is 1. The van der Waals surface area contributed by atoms with E-state index in [0.717, 1.165) is 22.4 Å². The molecule has 1 amide bonds. The molecule has 0 aromatic heterocycles. The molecule has 2 aromatic rings. The van der Waals surface area contributed by atoms with Gasteiger partial charge in [-0.2, -0.15) is 0 Å². The molecule has 0 fully saturated rings. The average Bonchev–Trinajstić information content (AvgIpc) is 2.50. The predicted molar refractivity (Wildman–Crippen MR) is 94.3 cm³/mol. The number of carbonyl (C=O) groups excluding carboxylic acids is 1. The molecular weight excluding hydrogens is 296 g/mol. The highest BCUT2D eigenvalue weighted by Crippen LogP contribution is 2.24. The Kier molecular flexibility index (Phi) is 6.60. The second-order valence-corrected chi connectivity index (χ2v) is 5.48. The van der Waals surface area contributed by atoms with Gasteiger partial charge in [-0.3, -0.25) is 4.79 Å². The minimum absolute atomic E-state index is 0. The van der Waals surface area contributed by atoms with E-state index in [1.165, 1.54) is 0 Å². The third-order valence-electron chi connectivity index (χ3n) is 3.87. The predicted octanol–water partition coefficient (Wildman–Crippen LogP) is 4.00. The second kappa shape index (κ2) is 7.97. The first-order valence-corrected chi connectivity index (χ1v) is 7.18. The lowest BCUT2D eigenvalue weighted by Gasteiger charge is -2.21. The van der Waals surface area contributed by atoms with E-state index in [2.05, 4.69) is 5.32 Å². The summed E-state index contributed by atoms with van der Waals surface area (Å²) < 4.78 is 0. The summed E-state index contributed by atoms with van der Waals surface area (Å²) in [5, 5.41) is 3.01. The van der Waals surface area contributed by atoms with Crippen LogP contribution in [0.1, 0.15) is 29.7 Å². The van der Waals surface area contributed by atoms with Gasteiger partial charge in [-0.15, -0.1) is 12.4 Å². The maximum absolute atomic E-state index is 12.4. The van der Waals surface area contributed by atoms with Crippen molar-refractivity contribution in [3.8, 4) is 0 Å². The zero-order valence-corrected chi connectivity index (χ0v) is 14.0. The number of benzene rings is 2. The van der Waals surface area contributed by atoms with E-state index in [-0.39, 0.29) is 30.3 Å². The summed E-state index contributed by atoms with van der Waals surface area (Å²) in [6, 6.07) is 15.4. The number of aryl methyl sites for hydroxylation is 2. The molecule has 22 heavy (non-hydrogen) atoms. The smallest absolute Gasteiger partial charge is 0.229 e. The molecule has 0 bridgehead atoms. The summed E-state index contributed by atoms with van der Waals surface area (Å²) in [7, 11) is 0. The van der Waals surface area contributed by atoms with Crippen molar-refractivity contribution in [1.29, 1.82) is 0 Å². The molecule has 0 heterocycles. The lowest BCUT2D eigenvalue weighted by Crippen LogP contribution is -2.30. The standard InChI is InChI=1S/C18H22N2O.ClH/c1-12-8-7-9-13(2)17(12)20-18(21)14(3)16(19)15-10-5-4-6-11-15;/h4-11,14,16H,19H2,1-3H3,(H,20,21);1H. The highest BCUT2D eigenvalue weighted by atomic mass is 35.5. The van der Waals surface area contributed by atoms with Gasteiger partial charge < -0.3 is 11.1 Å². The fourth-order valence-electron chi connectivity index (χ4n) is 2.38. The Labute approximate surface area is 138 Å². The van der Waals surface area contributed by atoms with E-state index < -0.39 is 0 Å². The van der Waals surface area contributed by atoms with Crippen molar-refractivity contribution in [2.24, 2.45) is 11.7 Å². The Morgan fingerprint density at radius 3 is 2.09 bits per heavy atom. The highest BCUT2D eigenvalue weighted by Gasteiger charge is 2.22. The monoisotopic (exact) mass is 318 g/mol. The number of halogens is 1. The molecule has 2 aromatic carbocycles. The van der Waals surface area contributed by atoms with Gasteiger partial charge in [-0.05, 0) is 30.5 Å². The normalized spacial score (nSPS) is 12.9. The summed E-state index contributed by atoms with van der Waals surface area (Å²) >= 11 is 0. The summed E-state index contributed by atoms with van der Waals surface area (Å²) in [5.41, 5.74) is 10.2. The number of anilines is 1. The van der Waals surface area contributed by atoms with Crippen LogP contribution in [0.4, 0.5) is 5.69 Å². The lowest BCUT2D eigenvalue weighted by atomic mass is 9.94. The molecule has 0 aliphatic rings.